The second-order valence-corrected chi connectivity index (χ2v) is 6.38. The summed E-state index contributed by atoms with van der Waals surface area (Å²) in [6.07, 6.45) is 3.57. The third-order valence-corrected chi connectivity index (χ3v) is 4.24. The van der Waals surface area contributed by atoms with Crippen LogP contribution in [-0.2, 0) is 14.2 Å². The van der Waals surface area contributed by atoms with Crippen molar-refractivity contribution in [2.45, 2.75) is 69.9 Å². The Morgan fingerprint density at radius 1 is 1.21 bits per heavy atom. The van der Waals surface area contributed by atoms with Crippen LogP contribution in [0.3, 0.4) is 0 Å². The molecule has 3 rings (SSSR count). The molecule has 0 aromatic carbocycles. The second kappa shape index (κ2) is 5.30. The fourth-order valence-electron chi connectivity index (χ4n) is 3.31. The van der Waals surface area contributed by atoms with E-state index in [4.69, 9.17) is 14.2 Å². The average Bonchev–Trinajstić information content (AvgIpc) is 2.83. The van der Waals surface area contributed by atoms with Crippen molar-refractivity contribution in [3.63, 3.8) is 0 Å². The molecule has 0 unspecified atom stereocenters. The number of ether oxygens (including phenoxy) is 3. The van der Waals surface area contributed by atoms with Crippen molar-refractivity contribution in [1.82, 2.24) is 4.90 Å². The number of fused-ring (bicyclic) bond motifs is 1. The SMILES string of the molecule is CC1(C)O[C@H]2O[C@H]([C@H](O)CN3CCCCC3)C[C@H]2O1. The first kappa shape index (κ1) is 13.8. The topological polar surface area (TPSA) is 51.2 Å². The summed E-state index contributed by atoms with van der Waals surface area (Å²) in [5.41, 5.74) is 0. The third-order valence-electron chi connectivity index (χ3n) is 4.24. The quantitative estimate of drug-likeness (QED) is 0.833. The molecule has 3 heterocycles. The standard InChI is InChI=1S/C14H25NO4/c1-14(2)18-12-8-11(17-13(12)19-14)10(16)9-15-6-4-3-5-7-15/h10-13,16H,3-9H2,1-2H3/t10-,11+,12-,13-/m1/s1. The molecule has 0 aromatic rings. The van der Waals surface area contributed by atoms with Crippen molar-refractivity contribution in [3.05, 3.63) is 0 Å². The first-order valence-electron chi connectivity index (χ1n) is 7.45. The van der Waals surface area contributed by atoms with Crippen LogP contribution in [0.5, 0.6) is 0 Å². The van der Waals surface area contributed by atoms with E-state index < -0.39 is 11.9 Å². The number of aliphatic hydroxyl groups excluding tert-OH is 1. The smallest absolute Gasteiger partial charge is 0.187 e. The van der Waals surface area contributed by atoms with E-state index in [1.165, 1.54) is 19.3 Å². The van der Waals surface area contributed by atoms with E-state index in [9.17, 15) is 5.11 Å². The lowest BCUT2D eigenvalue weighted by Gasteiger charge is -2.30. The summed E-state index contributed by atoms with van der Waals surface area (Å²) in [5.74, 6) is -0.557. The molecule has 19 heavy (non-hydrogen) atoms. The van der Waals surface area contributed by atoms with Gasteiger partial charge in [-0.25, -0.2) is 0 Å². The van der Waals surface area contributed by atoms with Crippen molar-refractivity contribution in [1.29, 1.82) is 0 Å². The summed E-state index contributed by atoms with van der Waals surface area (Å²) in [5, 5.41) is 10.3. The molecule has 0 spiro atoms. The Morgan fingerprint density at radius 2 is 1.95 bits per heavy atom. The van der Waals surface area contributed by atoms with E-state index in [1.807, 2.05) is 13.8 Å². The van der Waals surface area contributed by atoms with Gasteiger partial charge in [-0.15, -0.1) is 0 Å². The van der Waals surface area contributed by atoms with Crippen LogP contribution in [0.25, 0.3) is 0 Å². The van der Waals surface area contributed by atoms with Crippen LogP contribution in [0.1, 0.15) is 39.5 Å². The normalized spacial score (nSPS) is 40.3. The zero-order valence-corrected chi connectivity index (χ0v) is 11.9. The van der Waals surface area contributed by atoms with Crippen LogP contribution >= 0.6 is 0 Å². The number of hydrogen-bond donors (Lipinski definition) is 1. The van der Waals surface area contributed by atoms with E-state index in [2.05, 4.69) is 4.90 Å². The number of nitrogens with zero attached hydrogens (tertiary/aromatic N) is 1. The lowest BCUT2D eigenvalue weighted by molar-refractivity contribution is -0.214. The highest BCUT2D eigenvalue weighted by Gasteiger charge is 2.50. The third kappa shape index (κ3) is 3.11. The van der Waals surface area contributed by atoms with Crippen LogP contribution in [0.2, 0.25) is 0 Å². The Hall–Kier alpha value is -0.200. The van der Waals surface area contributed by atoms with E-state index >= 15 is 0 Å². The fraction of sp³-hybridized carbons (Fsp3) is 1.00. The van der Waals surface area contributed by atoms with Crippen molar-refractivity contribution in [2.75, 3.05) is 19.6 Å². The summed E-state index contributed by atoms with van der Waals surface area (Å²) in [4.78, 5) is 2.33. The van der Waals surface area contributed by atoms with Gasteiger partial charge in [0.15, 0.2) is 12.1 Å². The average molecular weight is 271 g/mol. The molecule has 3 aliphatic heterocycles. The predicted octanol–water partition coefficient (Wildman–Crippen LogP) is 1.10. The van der Waals surface area contributed by atoms with Crippen LogP contribution in [0, 0.1) is 0 Å². The highest BCUT2D eigenvalue weighted by molar-refractivity contribution is 4.89. The van der Waals surface area contributed by atoms with Crippen molar-refractivity contribution in [3.8, 4) is 0 Å². The molecule has 0 aliphatic carbocycles. The lowest BCUT2D eigenvalue weighted by atomic mass is 10.1. The van der Waals surface area contributed by atoms with Crippen LogP contribution < -0.4 is 0 Å². The van der Waals surface area contributed by atoms with E-state index in [-0.39, 0.29) is 18.5 Å². The van der Waals surface area contributed by atoms with Crippen molar-refractivity contribution < 1.29 is 19.3 Å². The second-order valence-electron chi connectivity index (χ2n) is 6.38. The van der Waals surface area contributed by atoms with Gasteiger partial charge in [-0.1, -0.05) is 6.42 Å². The molecule has 110 valence electrons. The maximum atomic E-state index is 10.3. The Bertz CT molecular complexity index is 301. The summed E-state index contributed by atoms with van der Waals surface area (Å²) < 4.78 is 17.2. The van der Waals surface area contributed by atoms with Gasteiger partial charge >= 0.3 is 0 Å². The number of rotatable bonds is 3. The highest BCUT2D eigenvalue weighted by atomic mass is 16.8. The van der Waals surface area contributed by atoms with Gasteiger partial charge in [-0.2, -0.15) is 0 Å². The minimum absolute atomic E-state index is 0.0315. The molecule has 5 heteroatoms. The Labute approximate surface area is 114 Å². The number of aliphatic hydroxyl groups is 1. The summed E-state index contributed by atoms with van der Waals surface area (Å²) in [6, 6.07) is 0. The monoisotopic (exact) mass is 271 g/mol. The van der Waals surface area contributed by atoms with Gasteiger partial charge < -0.3 is 24.2 Å². The molecule has 0 radical (unpaired) electrons. The van der Waals surface area contributed by atoms with Gasteiger partial charge in [-0.3, -0.25) is 0 Å². The van der Waals surface area contributed by atoms with Gasteiger partial charge in [0, 0.05) is 13.0 Å². The number of piperidine rings is 1. The Balaban J connectivity index is 1.49. The first-order valence-corrected chi connectivity index (χ1v) is 7.45. The molecule has 4 atom stereocenters. The summed E-state index contributed by atoms with van der Waals surface area (Å²) in [6.45, 7) is 6.68. The largest absolute Gasteiger partial charge is 0.389 e. The molecule has 3 fully saturated rings. The predicted molar refractivity (Wildman–Crippen MR) is 69.6 cm³/mol. The zero-order chi connectivity index (χ0) is 13.5. The van der Waals surface area contributed by atoms with Gasteiger partial charge in [0.1, 0.15) is 6.10 Å². The summed E-state index contributed by atoms with van der Waals surface area (Å²) >= 11 is 0. The Morgan fingerprint density at radius 3 is 2.63 bits per heavy atom. The fourth-order valence-corrected chi connectivity index (χ4v) is 3.31. The molecule has 0 bridgehead atoms. The van der Waals surface area contributed by atoms with Gasteiger partial charge in [0.05, 0.1) is 12.2 Å². The van der Waals surface area contributed by atoms with E-state index in [0.717, 1.165) is 19.5 Å². The molecule has 1 N–H and O–H groups in total. The van der Waals surface area contributed by atoms with Gasteiger partial charge in [0.2, 0.25) is 0 Å². The van der Waals surface area contributed by atoms with Crippen LogP contribution in [-0.4, -0.2) is 60.0 Å². The Kier molecular flexibility index (Phi) is 3.84. The maximum absolute atomic E-state index is 10.3. The van der Waals surface area contributed by atoms with Crippen molar-refractivity contribution >= 4 is 0 Å². The molecular formula is C14H25NO4. The zero-order valence-electron chi connectivity index (χ0n) is 11.9. The van der Waals surface area contributed by atoms with Crippen LogP contribution in [0.15, 0.2) is 0 Å². The van der Waals surface area contributed by atoms with Gasteiger partial charge in [0.25, 0.3) is 0 Å². The van der Waals surface area contributed by atoms with Crippen molar-refractivity contribution in [2.24, 2.45) is 0 Å². The molecule has 0 aromatic heterocycles. The summed E-state index contributed by atoms with van der Waals surface area (Å²) in [7, 11) is 0. The number of likely N-dealkylation sites (tertiary alicyclic amines) is 1. The molecule has 3 saturated heterocycles. The molecule has 5 nitrogen and oxygen atoms in total. The minimum Gasteiger partial charge on any atom is -0.389 e. The molecular weight excluding hydrogens is 246 g/mol. The molecule has 0 amide bonds. The lowest BCUT2D eigenvalue weighted by Crippen LogP contribution is -2.42. The van der Waals surface area contributed by atoms with Gasteiger partial charge in [-0.05, 0) is 39.8 Å². The molecule has 0 saturated carbocycles. The van der Waals surface area contributed by atoms with E-state index in [0.29, 0.717) is 6.54 Å². The molecule has 3 aliphatic rings. The number of β-amino-alcohol motifs (C(OH)–C–C–N with tert-alkyl or cyclic N) is 1. The highest BCUT2D eigenvalue weighted by Crippen LogP contribution is 2.38. The number of hydrogen-bond acceptors (Lipinski definition) is 5. The minimum atomic E-state index is -0.557. The first-order chi connectivity index (χ1) is 9.03. The maximum Gasteiger partial charge on any atom is 0.187 e. The van der Waals surface area contributed by atoms with Crippen LogP contribution in [0.4, 0.5) is 0 Å². The van der Waals surface area contributed by atoms with E-state index in [1.54, 1.807) is 0 Å².